The van der Waals surface area contributed by atoms with Crippen molar-refractivity contribution in [1.82, 2.24) is 9.97 Å². The van der Waals surface area contributed by atoms with E-state index < -0.39 is 5.60 Å². The summed E-state index contributed by atoms with van der Waals surface area (Å²) in [6.07, 6.45) is 4.46. The summed E-state index contributed by atoms with van der Waals surface area (Å²) in [5.41, 5.74) is 0.425. The van der Waals surface area contributed by atoms with Gasteiger partial charge in [-0.05, 0) is 32.3 Å². The van der Waals surface area contributed by atoms with Crippen molar-refractivity contribution in [2.75, 3.05) is 18.0 Å². The van der Waals surface area contributed by atoms with Gasteiger partial charge in [-0.2, -0.15) is 0 Å². The first-order valence-electron chi connectivity index (χ1n) is 6.83. The standard InChI is InChI=1S/C15H19N3O/c1-15(19)7-4-9-18(10-8-15)14-16-11-12-5-2-3-6-13(12)17-14/h2-3,5-6,11,19H,4,7-10H2,1H3. The minimum absolute atomic E-state index is 0.550. The molecule has 1 N–H and O–H groups in total. The van der Waals surface area contributed by atoms with E-state index in [1.54, 1.807) is 0 Å². The van der Waals surface area contributed by atoms with Crippen molar-refractivity contribution in [3.63, 3.8) is 0 Å². The zero-order valence-corrected chi connectivity index (χ0v) is 11.2. The van der Waals surface area contributed by atoms with E-state index in [4.69, 9.17) is 0 Å². The van der Waals surface area contributed by atoms with Crippen LogP contribution in [0.4, 0.5) is 5.95 Å². The summed E-state index contributed by atoms with van der Waals surface area (Å²) in [4.78, 5) is 11.2. The number of fused-ring (bicyclic) bond motifs is 1. The Hall–Kier alpha value is -1.68. The summed E-state index contributed by atoms with van der Waals surface area (Å²) in [6.45, 7) is 3.64. The van der Waals surface area contributed by atoms with Gasteiger partial charge in [-0.15, -0.1) is 0 Å². The molecule has 1 atom stereocenters. The van der Waals surface area contributed by atoms with E-state index in [0.29, 0.717) is 0 Å². The summed E-state index contributed by atoms with van der Waals surface area (Å²) < 4.78 is 0. The zero-order chi connectivity index (χ0) is 13.3. The van der Waals surface area contributed by atoms with Gasteiger partial charge < -0.3 is 10.0 Å². The molecule has 1 aromatic carbocycles. The second kappa shape index (κ2) is 4.78. The number of aromatic nitrogens is 2. The van der Waals surface area contributed by atoms with Crippen LogP contribution in [0.25, 0.3) is 10.9 Å². The second-order valence-corrected chi connectivity index (χ2v) is 5.57. The number of para-hydroxylation sites is 1. The molecule has 0 spiro atoms. The Balaban J connectivity index is 1.87. The molecule has 0 bridgehead atoms. The summed E-state index contributed by atoms with van der Waals surface area (Å²) in [7, 11) is 0. The van der Waals surface area contributed by atoms with Gasteiger partial charge in [0.15, 0.2) is 0 Å². The molecule has 2 aromatic rings. The minimum Gasteiger partial charge on any atom is -0.390 e. The molecule has 1 aliphatic rings. The summed E-state index contributed by atoms with van der Waals surface area (Å²) in [5, 5.41) is 11.2. The van der Waals surface area contributed by atoms with Gasteiger partial charge in [0, 0.05) is 24.7 Å². The van der Waals surface area contributed by atoms with E-state index in [1.807, 2.05) is 37.4 Å². The lowest BCUT2D eigenvalue weighted by Gasteiger charge is -2.22. The Labute approximate surface area is 113 Å². The summed E-state index contributed by atoms with van der Waals surface area (Å²) in [6, 6.07) is 8.02. The molecule has 1 aromatic heterocycles. The Bertz CT molecular complexity index is 582. The normalized spacial score (nSPS) is 24.4. The number of anilines is 1. The van der Waals surface area contributed by atoms with E-state index in [9.17, 15) is 5.11 Å². The van der Waals surface area contributed by atoms with E-state index in [1.165, 1.54) is 0 Å². The van der Waals surface area contributed by atoms with Crippen molar-refractivity contribution in [3.05, 3.63) is 30.5 Å². The number of hydrogen-bond donors (Lipinski definition) is 1. The fourth-order valence-corrected chi connectivity index (χ4v) is 2.58. The first-order chi connectivity index (χ1) is 9.14. The Morgan fingerprint density at radius 1 is 1.21 bits per heavy atom. The number of rotatable bonds is 1. The lowest BCUT2D eigenvalue weighted by Crippen LogP contribution is -2.29. The molecule has 4 nitrogen and oxygen atoms in total. The van der Waals surface area contributed by atoms with Crippen LogP contribution in [-0.2, 0) is 0 Å². The van der Waals surface area contributed by atoms with Gasteiger partial charge in [-0.3, -0.25) is 0 Å². The largest absolute Gasteiger partial charge is 0.390 e. The molecule has 0 amide bonds. The van der Waals surface area contributed by atoms with Gasteiger partial charge in [0.25, 0.3) is 0 Å². The van der Waals surface area contributed by atoms with Crippen LogP contribution in [0.1, 0.15) is 26.2 Å². The molecule has 100 valence electrons. The zero-order valence-electron chi connectivity index (χ0n) is 11.2. The maximum atomic E-state index is 10.1. The summed E-state index contributed by atoms with van der Waals surface area (Å²) in [5.74, 6) is 0.774. The highest BCUT2D eigenvalue weighted by Crippen LogP contribution is 2.24. The van der Waals surface area contributed by atoms with Crippen molar-refractivity contribution in [1.29, 1.82) is 0 Å². The van der Waals surface area contributed by atoms with E-state index in [0.717, 1.165) is 49.2 Å². The van der Waals surface area contributed by atoms with Crippen molar-refractivity contribution in [2.24, 2.45) is 0 Å². The number of hydrogen-bond acceptors (Lipinski definition) is 4. The Morgan fingerprint density at radius 3 is 2.95 bits per heavy atom. The van der Waals surface area contributed by atoms with Gasteiger partial charge in [0.1, 0.15) is 0 Å². The SMILES string of the molecule is CC1(O)CCCN(c2ncc3ccccc3n2)CC1. The van der Waals surface area contributed by atoms with Gasteiger partial charge >= 0.3 is 0 Å². The van der Waals surface area contributed by atoms with Crippen LogP contribution < -0.4 is 4.90 Å². The number of benzene rings is 1. The first kappa shape index (κ1) is 12.4. The lowest BCUT2D eigenvalue weighted by molar-refractivity contribution is 0.0481. The van der Waals surface area contributed by atoms with Crippen LogP contribution in [0.5, 0.6) is 0 Å². The summed E-state index contributed by atoms with van der Waals surface area (Å²) >= 11 is 0. The first-order valence-corrected chi connectivity index (χ1v) is 6.83. The van der Waals surface area contributed by atoms with Gasteiger partial charge in [0.2, 0.25) is 5.95 Å². The quantitative estimate of drug-likeness (QED) is 0.852. The number of nitrogens with zero attached hydrogens (tertiary/aromatic N) is 3. The average Bonchev–Trinajstić information content (AvgIpc) is 2.59. The Kier molecular flexibility index (Phi) is 3.11. The Morgan fingerprint density at radius 2 is 2.05 bits per heavy atom. The molecule has 19 heavy (non-hydrogen) atoms. The van der Waals surface area contributed by atoms with Crippen molar-refractivity contribution in [2.45, 2.75) is 31.8 Å². The van der Waals surface area contributed by atoms with Crippen LogP contribution >= 0.6 is 0 Å². The van der Waals surface area contributed by atoms with Crippen LogP contribution in [0.15, 0.2) is 30.5 Å². The molecule has 0 aliphatic carbocycles. The highest BCUT2D eigenvalue weighted by atomic mass is 16.3. The average molecular weight is 257 g/mol. The molecule has 0 radical (unpaired) electrons. The lowest BCUT2D eigenvalue weighted by atomic mass is 9.98. The molecular formula is C15H19N3O. The fourth-order valence-electron chi connectivity index (χ4n) is 2.58. The number of aliphatic hydroxyl groups is 1. The highest BCUT2D eigenvalue weighted by Gasteiger charge is 2.25. The smallest absolute Gasteiger partial charge is 0.225 e. The van der Waals surface area contributed by atoms with Gasteiger partial charge in [-0.25, -0.2) is 9.97 Å². The maximum Gasteiger partial charge on any atom is 0.225 e. The third-order valence-corrected chi connectivity index (χ3v) is 3.82. The fraction of sp³-hybridized carbons (Fsp3) is 0.467. The molecule has 1 unspecified atom stereocenters. The van der Waals surface area contributed by atoms with Crippen molar-refractivity contribution < 1.29 is 5.11 Å². The van der Waals surface area contributed by atoms with Crippen LogP contribution in [0, 0.1) is 0 Å². The molecule has 3 rings (SSSR count). The molecular weight excluding hydrogens is 238 g/mol. The highest BCUT2D eigenvalue weighted by molar-refractivity contribution is 5.78. The van der Waals surface area contributed by atoms with E-state index >= 15 is 0 Å². The monoisotopic (exact) mass is 257 g/mol. The van der Waals surface area contributed by atoms with Gasteiger partial charge in [0.05, 0.1) is 11.1 Å². The topological polar surface area (TPSA) is 49.2 Å². The predicted molar refractivity (Wildman–Crippen MR) is 76.2 cm³/mol. The molecule has 1 aliphatic heterocycles. The third-order valence-electron chi connectivity index (χ3n) is 3.82. The van der Waals surface area contributed by atoms with Crippen LogP contribution in [0.3, 0.4) is 0 Å². The van der Waals surface area contributed by atoms with Crippen molar-refractivity contribution in [3.8, 4) is 0 Å². The van der Waals surface area contributed by atoms with Gasteiger partial charge in [-0.1, -0.05) is 18.2 Å². The second-order valence-electron chi connectivity index (χ2n) is 5.57. The van der Waals surface area contributed by atoms with Crippen molar-refractivity contribution >= 4 is 16.9 Å². The minimum atomic E-state index is -0.550. The van der Waals surface area contributed by atoms with E-state index in [2.05, 4.69) is 14.9 Å². The molecule has 2 heterocycles. The molecule has 1 fully saturated rings. The maximum absolute atomic E-state index is 10.1. The third kappa shape index (κ3) is 2.68. The van der Waals surface area contributed by atoms with E-state index in [-0.39, 0.29) is 0 Å². The van der Waals surface area contributed by atoms with Crippen LogP contribution in [-0.4, -0.2) is 33.8 Å². The molecule has 0 saturated carbocycles. The molecule has 1 saturated heterocycles. The molecule has 4 heteroatoms. The van der Waals surface area contributed by atoms with Crippen LogP contribution in [0.2, 0.25) is 0 Å². The predicted octanol–water partition coefficient (Wildman–Crippen LogP) is 2.37.